The average Bonchev–Trinajstić information content (AvgIpc) is 3.33. The molecule has 43 heavy (non-hydrogen) atoms. The zero-order valence-electron chi connectivity index (χ0n) is 28.7. The van der Waals surface area contributed by atoms with Gasteiger partial charge in [0.1, 0.15) is 6.10 Å². The molecule has 3 fully saturated rings. The van der Waals surface area contributed by atoms with Gasteiger partial charge in [-0.25, -0.2) is 4.79 Å². The lowest BCUT2D eigenvalue weighted by molar-refractivity contribution is -0.0593. The molecule has 4 aliphatic rings. The zero-order chi connectivity index (χ0) is 31.0. The van der Waals surface area contributed by atoms with Crippen molar-refractivity contribution in [1.82, 2.24) is 10.2 Å². The maximum atomic E-state index is 13.3. The number of amides is 1. The van der Waals surface area contributed by atoms with Gasteiger partial charge in [-0.15, -0.1) is 0 Å². The van der Waals surface area contributed by atoms with Crippen LogP contribution in [0.25, 0.3) is 0 Å². The van der Waals surface area contributed by atoms with Crippen molar-refractivity contribution in [3.63, 3.8) is 0 Å². The van der Waals surface area contributed by atoms with Gasteiger partial charge in [-0.1, -0.05) is 65.5 Å². The number of carbonyl (C=O) groups excluding carboxylic acids is 1. The van der Waals surface area contributed by atoms with Crippen LogP contribution in [-0.2, 0) is 4.74 Å². The highest BCUT2D eigenvalue weighted by molar-refractivity contribution is 5.67. The Morgan fingerprint density at radius 1 is 0.953 bits per heavy atom. The minimum Gasteiger partial charge on any atom is -0.446 e. The largest absolute Gasteiger partial charge is 0.446 e. The van der Waals surface area contributed by atoms with Crippen LogP contribution < -0.4 is 16.8 Å². The van der Waals surface area contributed by atoms with Gasteiger partial charge in [0.15, 0.2) is 0 Å². The van der Waals surface area contributed by atoms with Gasteiger partial charge in [0, 0.05) is 19.5 Å². The Morgan fingerprint density at radius 3 is 2.44 bits per heavy atom. The number of nitrogens with two attached hydrogens (primary N) is 2. The summed E-state index contributed by atoms with van der Waals surface area (Å²) in [5.74, 6) is 5.11. The molecule has 1 amide bonds. The maximum absolute atomic E-state index is 13.3. The SMILES string of the molecule is CC(C)CCC[C@@H](C)[C@H]1CC[C@H]2[C@@H]3CC=C4C[C@@H](OC(=O)N(CCCN)CCCNCCCN)CC[C@]4(C)[C@H]3CC[C@]12C. The second-order valence-corrected chi connectivity index (χ2v) is 15.9. The number of nitrogens with zero attached hydrogens (tertiary/aromatic N) is 1. The quantitative estimate of drug-likeness (QED) is 0.126. The lowest BCUT2D eigenvalue weighted by Gasteiger charge is -2.58. The van der Waals surface area contributed by atoms with Crippen LogP contribution in [0.1, 0.15) is 125 Å². The lowest BCUT2D eigenvalue weighted by atomic mass is 9.47. The molecule has 0 spiro atoms. The predicted octanol–water partition coefficient (Wildman–Crippen LogP) is 7.51. The molecule has 0 saturated heterocycles. The Kier molecular flexibility index (Phi) is 12.9. The second-order valence-electron chi connectivity index (χ2n) is 15.9. The molecular weight excluding hydrogens is 532 g/mol. The lowest BCUT2D eigenvalue weighted by Crippen LogP contribution is -2.51. The van der Waals surface area contributed by atoms with Crippen LogP contribution in [0.3, 0.4) is 0 Å². The van der Waals surface area contributed by atoms with Crippen molar-refractivity contribution in [2.24, 2.45) is 57.8 Å². The van der Waals surface area contributed by atoms with Crippen LogP contribution >= 0.6 is 0 Å². The molecule has 3 saturated carbocycles. The molecular formula is C37H68N4O2. The van der Waals surface area contributed by atoms with Crippen molar-refractivity contribution in [3.8, 4) is 0 Å². The molecule has 6 heteroatoms. The van der Waals surface area contributed by atoms with E-state index in [9.17, 15) is 4.79 Å². The minimum absolute atomic E-state index is 0.00263. The first-order valence-corrected chi connectivity index (χ1v) is 18.4. The molecule has 248 valence electrons. The van der Waals surface area contributed by atoms with Crippen molar-refractivity contribution in [2.45, 2.75) is 131 Å². The standard InChI is InChI=1S/C37H68N4O2/c1-27(2)10-6-11-28(3)32-14-15-33-31-13-12-29-26-30(16-18-36(29,4)34(31)17-19-37(32,33)5)43-35(42)41(24-8-21-39)25-9-23-40-22-7-20-38/h12,27-28,30-34,40H,6-11,13-26,38-39H2,1-5H3/t28-,30+,31+,32-,33+,34+,36+,37-/m1/s1. The summed E-state index contributed by atoms with van der Waals surface area (Å²) < 4.78 is 6.22. The number of ether oxygens (including phenoxy) is 1. The van der Waals surface area contributed by atoms with E-state index in [0.717, 1.165) is 87.1 Å². The summed E-state index contributed by atoms with van der Waals surface area (Å²) in [6.45, 7) is 17.1. The first kappa shape index (κ1) is 34.8. The molecule has 0 unspecified atom stereocenters. The number of carbonyl (C=O) groups is 1. The molecule has 6 nitrogen and oxygen atoms in total. The third-order valence-corrected chi connectivity index (χ3v) is 12.8. The van der Waals surface area contributed by atoms with Crippen LogP contribution in [-0.4, -0.2) is 56.4 Å². The molecule has 4 rings (SSSR count). The Balaban J connectivity index is 1.34. The van der Waals surface area contributed by atoms with Gasteiger partial charge in [-0.3, -0.25) is 0 Å². The third kappa shape index (κ3) is 8.19. The molecule has 0 aromatic heterocycles. The van der Waals surface area contributed by atoms with Crippen molar-refractivity contribution in [3.05, 3.63) is 11.6 Å². The number of allylic oxidation sites excluding steroid dienone is 1. The van der Waals surface area contributed by atoms with Crippen LogP contribution in [0, 0.1) is 46.3 Å². The van der Waals surface area contributed by atoms with Crippen LogP contribution in [0.2, 0.25) is 0 Å². The fraction of sp³-hybridized carbons (Fsp3) is 0.919. The number of nitrogens with one attached hydrogen (secondary N) is 1. The average molecular weight is 601 g/mol. The normalized spacial score (nSPS) is 34.2. The summed E-state index contributed by atoms with van der Waals surface area (Å²) in [7, 11) is 0. The van der Waals surface area contributed by atoms with E-state index in [0.29, 0.717) is 31.6 Å². The van der Waals surface area contributed by atoms with E-state index in [-0.39, 0.29) is 17.6 Å². The Labute approximate surface area is 264 Å². The molecule has 0 aromatic rings. The molecule has 0 bridgehead atoms. The van der Waals surface area contributed by atoms with Crippen LogP contribution in [0.15, 0.2) is 11.6 Å². The number of hydrogen-bond acceptors (Lipinski definition) is 5. The zero-order valence-corrected chi connectivity index (χ0v) is 28.7. The smallest absolute Gasteiger partial charge is 0.410 e. The molecule has 0 radical (unpaired) electrons. The van der Waals surface area contributed by atoms with E-state index in [1.54, 1.807) is 5.57 Å². The Hall–Kier alpha value is -1.11. The van der Waals surface area contributed by atoms with Gasteiger partial charge in [0.25, 0.3) is 0 Å². The van der Waals surface area contributed by atoms with Gasteiger partial charge >= 0.3 is 6.09 Å². The molecule has 0 aliphatic heterocycles. The summed E-state index contributed by atoms with van der Waals surface area (Å²) in [5.41, 5.74) is 13.8. The topological polar surface area (TPSA) is 93.6 Å². The highest BCUT2D eigenvalue weighted by Gasteiger charge is 2.59. The fourth-order valence-corrected chi connectivity index (χ4v) is 10.3. The van der Waals surface area contributed by atoms with Gasteiger partial charge in [-0.05, 0) is 137 Å². The van der Waals surface area contributed by atoms with Gasteiger partial charge in [0.05, 0.1) is 0 Å². The number of hydrogen-bond donors (Lipinski definition) is 3. The second kappa shape index (κ2) is 15.9. The van der Waals surface area contributed by atoms with Gasteiger partial charge in [-0.2, -0.15) is 0 Å². The Morgan fingerprint density at radius 2 is 1.70 bits per heavy atom. The summed E-state index contributed by atoms with van der Waals surface area (Å²) in [6.07, 6.45) is 19.4. The molecule has 5 N–H and O–H groups in total. The van der Waals surface area contributed by atoms with Crippen molar-refractivity contribution < 1.29 is 9.53 Å². The third-order valence-electron chi connectivity index (χ3n) is 12.8. The van der Waals surface area contributed by atoms with E-state index in [4.69, 9.17) is 16.2 Å². The maximum Gasteiger partial charge on any atom is 0.410 e. The minimum atomic E-state index is -0.147. The number of rotatable bonds is 16. The first-order valence-electron chi connectivity index (χ1n) is 18.4. The number of fused-ring (bicyclic) bond motifs is 5. The van der Waals surface area contributed by atoms with Crippen molar-refractivity contribution >= 4 is 6.09 Å². The Bertz CT molecular complexity index is 907. The van der Waals surface area contributed by atoms with E-state index >= 15 is 0 Å². The monoisotopic (exact) mass is 601 g/mol. The predicted molar refractivity (Wildman–Crippen MR) is 180 cm³/mol. The van der Waals surface area contributed by atoms with Crippen molar-refractivity contribution in [2.75, 3.05) is 39.3 Å². The first-order chi connectivity index (χ1) is 20.6. The highest BCUT2D eigenvalue weighted by Crippen LogP contribution is 2.67. The van der Waals surface area contributed by atoms with Crippen molar-refractivity contribution in [1.29, 1.82) is 0 Å². The summed E-state index contributed by atoms with van der Waals surface area (Å²) in [4.78, 5) is 15.2. The molecule has 0 heterocycles. The van der Waals surface area contributed by atoms with Gasteiger partial charge < -0.3 is 26.4 Å². The highest BCUT2D eigenvalue weighted by atomic mass is 16.6. The summed E-state index contributed by atoms with van der Waals surface area (Å²) >= 11 is 0. The molecule has 4 aliphatic carbocycles. The van der Waals surface area contributed by atoms with Crippen LogP contribution in [0.4, 0.5) is 4.79 Å². The fourth-order valence-electron chi connectivity index (χ4n) is 10.3. The van der Waals surface area contributed by atoms with E-state index < -0.39 is 0 Å². The molecule has 0 aromatic carbocycles. The van der Waals surface area contributed by atoms with Gasteiger partial charge in [0.2, 0.25) is 0 Å². The summed E-state index contributed by atoms with van der Waals surface area (Å²) in [5, 5.41) is 3.42. The molecule has 8 atom stereocenters. The summed E-state index contributed by atoms with van der Waals surface area (Å²) in [6, 6.07) is 0. The van der Waals surface area contributed by atoms with E-state index in [1.807, 2.05) is 4.90 Å². The van der Waals surface area contributed by atoms with Crippen LogP contribution in [0.5, 0.6) is 0 Å². The van der Waals surface area contributed by atoms with E-state index in [1.165, 1.54) is 51.4 Å². The van der Waals surface area contributed by atoms with E-state index in [2.05, 4.69) is 46.0 Å².